The zero-order chi connectivity index (χ0) is 19.6. The number of aryl methyl sites for hydroxylation is 1. The van der Waals surface area contributed by atoms with Crippen LogP contribution in [0.4, 0.5) is 14.5 Å². The van der Waals surface area contributed by atoms with Crippen LogP contribution in [0.5, 0.6) is 0 Å². The summed E-state index contributed by atoms with van der Waals surface area (Å²) in [4.78, 5) is 24.7. The summed E-state index contributed by atoms with van der Waals surface area (Å²) in [5, 5.41) is 5.09. The van der Waals surface area contributed by atoms with E-state index < -0.39 is 35.1 Å². The average Bonchev–Trinajstić information content (AvgIpc) is 2.91. The third-order valence-electron chi connectivity index (χ3n) is 4.66. The van der Waals surface area contributed by atoms with Crippen LogP contribution in [0.1, 0.15) is 27.8 Å². The maximum absolute atomic E-state index is 14.0. The quantitative estimate of drug-likeness (QED) is 0.614. The first kappa shape index (κ1) is 19.8. The molecule has 0 saturated carbocycles. The first-order chi connectivity index (χ1) is 12.0. The van der Waals surface area contributed by atoms with E-state index >= 15 is 0 Å². The number of amides is 2. The first-order valence-electron chi connectivity index (χ1n) is 8.42. The molecule has 1 aromatic rings. The molecule has 0 radical (unpaired) electrons. The van der Waals surface area contributed by atoms with Crippen molar-refractivity contribution in [1.29, 1.82) is 0 Å². The van der Waals surface area contributed by atoms with Crippen LogP contribution >= 0.6 is 0 Å². The van der Waals surface area contributed by atoms with Crippen molar-refractivity contribution in [2.45, 2.75) is 33.4 Å². The van der Waals surface area contributed by atoms with Gasteiger partial charge in [-0.05, 0) is 56.5 Å². The van der Waals surface area contributed by atoms with Crippen molar-refractivity contribution in [3.05, 3.63) is 53.4 Å². The van der Waals surface area contributed by atoms with E-state index in [1.807, 2.05) is 0 Å². The molecule has 26 heavy (non-hydrogen) atoms. The Hall–Kier alpha value is -2.50. The highest BCUT2D eigenvalue weighted by atomic mass is 19.1. The van der Waals surface area contributed by atoms with Crippen LogP contribution in [0.25, 0.3) is 0 Å². The van der Waals surface area contributed by atoms with Gasteiger partial charge in [-0.1, -0.05) is 18.7 Å². The lowest BCUT2D eigenvalue weighted by molar-refractivity contribution is -0.130. The standard InChI is InChI=1S/C20H24F2N2O2.H2/c1-11-6-7-16(15(21)8-11)24-19(26)17-14(10-23-18(17)25)12(2)9-13(3)20(4,5)22;/h6-9,14,17H,2,10H2,1,3-5H3,(H,23,25)(H,24,26);1H/b13-9+;/t14-,17-;/m1./s1. The predicted molar refractivity (Wildman–Crippen MR) is 100.0 cm³/mol. The van der Waals surface area contributed by atoms with E-state index in [2.05, 4.69) is 17.2 Å². The number of alkyl halides is 1. The Morgan fingerprint density at radius 3 is 2.69 bits per heavy atom. The fourth-order valence-electron chi connectivity index (χ4n) is 2.76. The molecule has 0 unspecified atom stereocenters. The largest absolute Gasteiger partial charge is 0.355 e. The van der Waals surface area contributed by atoms with Crippen molar-refractivity contribution in [2.75, 3.05) is 11.9 Å². The Kier molecular flexibility index (Phi) is 5.64. The minimum atomic E-state index is -1.53. The van der Waals surface area contributed by atoms with Gasteiger partial charge in [-0.2, -0.15) is 0 Å². The van der Waals surface area contributed by atoms with Gasteiger partial charge in [0.2, 0.25) is 11.8 Å². The van der Waals surface area contributed by atoms with E-state index in [1.165, 1.54) is 26.0 Å². The summed E-state index contributed by atoms with van der Waals surface area (Å²) in [5.41, 5.74) is 0.143. The SMILES string of the molecule is C=C(/C=C(\C)C(C)(C)F)[C@H]1CNC(=O)[C@@H]1C(=O)Nc1ccc(C)cc1F.[HH]. The maximum atomic E-state index is 14.0. The zero-order valence-electron chi connectivity index (χ0n) is 15.5. The van der Waals surface area contributed by atoms with Crippen molar-refractivity contribution in [3.8, 4) is 0 Å². The molecule has 1 saturated heterocycles. The number of anilines is 1. The van der Waals surface area contributed by atoms with Crippen molar-refractivity contribution in [1.82, 2.24) is 5.32 Å². The number of halogens is 2. The fourth-order valence-corrected chi connectivity index (χ4v) is 2.76. The third-order valence-corrected chi connectivity index (χ3v) is 4.66. The summed E-state index contributed by atoms with van der Waals surface area (Å²) < 4.78 is 28.0. The molecule has 1 aromatic carbocycles. The van der Waals surface area contributed by atoms with E-state index in [-0.39, 0.29) is 13.7 Å². The summed E-state index contributed by atoms with van der Waals surface area (Å²) >= 11 is 0. The molecule has 1 aliphatic heterocycles. The molecule has 0 aliphatic carbocycles. The Bertz CT molecular complexity index is 785. The van der Waals surface area contributed by atoms with Gasteiger partial charge in [-0.15, -0.1) is 0 Å². The molecule has 2 amide bonds. The Balaban J connectivity index is 0.00000364. The third kappa shape index (κ3) is 4.36. The first-order valence-corrected chi connectivity index (χ1v) is 8.42. The van der Waals surface area contributed by atoms with Gasteiger partial charge in [0.15, 0.2) is 0 Å². The number of nitrogens with one attached hydrogen (secondary N) is 2. The maximum Gasteiger partial charge on any atom is 0.237 e. The second-order valence-corrected chi connectivity index (χ2v) is 7.18. The van der Waals surface area contributed by atoms with E-state index in [4.69, 9.17) is 0 Å². The number of allylic oxidation sites excluding steroid dienone is 2. The van der Waals surface area contributed by atoms with Gasteiger partial charge in [0, 0.05) is 13.9 Å². The number of benzene rings is 1. The number of carbonyl (C=O) groups is 2. The summed E-state index contributed by atoms with van der Waals surface area (Å²) in [7, 11) is 0. The topological polar surface area (TPSA) is 58.2 Å². The monoisotopic (exact) mass is 364 g/mol. The minimum Gasteiger partial charge on any atom is -0.355 e. The van der Waals surface area contributed by atoms with E-state index in [0.717, 1.165) is 5.56 Å². The molecule has 142 valence electrons. The van der Waals surface area contributed by atoms with Crippen LogP contribution in [0.3, 0.4) is 0 Å². The van der Waals surface area contributed by atoms with Crippen LogP contribution in [0.15, 0.2) is 42.0 Å². The molecule has 2 rings (SSSR count). The second-order valence-electron chi connectivity index (χ2n) is 7.18. The van der Waals surface area contributed by atoms with Gasteiger partial charge in [0.25, 0.3) is 0 Å². The molecule has 4 nitrogen and oxygen atoms in total. The number of rotatable bonds is 5. The lowest BCUT2D eigenvalue weighted by Crippen LogP contribution is -2.33. The normalized spacial score (nSPS) is 20.7. The van der Waals surface area contributed by atoms with Crippen molar-refractivity contribution in [2.24, 2.45) is 11.8 Å². The number of carbonyl (C=O) groups excluding carboxylic acids is 2. The van der Waals surface area contributed by atoms with Crippen LogP contribution in [-0.2, 0) is 9.59 Å². The smallest absolute Gasteiger partial charge is 0.237 e. The lowest BCUT2D eigenvalue weighted by atomic mass is 9.86. The Labute approximate surface area is 153 Å². The van der Waals surface area contributed by atoms with Gasteiger partial charge in [-0.25, -0.2) is 8.78 Å². The van der Waals surface area contributed by atoms with Gasteiger partial charge >= 0.3 is 0 Å². The van der Waals surface area contributed by atoms with Gasteiger partial charge in [0.05, 0.1) is 5.69 Å². The average molecular weight is 364 g/mol. The molecule has 6 heteroatoms. The van der Waals surface area contributed by atoms with Crippen molar-refractivity contribution >= 4 is 17.5 Å². The molecular formula is C20H26F2N2O2. The molecular weight excluding hydrogens is 338 g/mol. The van der Waals surface area contributed by atoms with E-state index in [1.54, 1.807) is 26.0 Å². The molecule has 0 spiro atoms. The molecule has 1 heterocycles. The molecule has 0 aromatic heterocycles. The fraction of sp³-hybridized carbons (Fsp3) is 0.400. The Morgan fingerprint density at radius 2 is 2.12 bits per heavy atom. The van der Waals surface area contributed by atoms with E-state index in [9.17, 15) is 18.4 Å². The molecule has 0 bridgehead atoms. The van der Waals surface area contributed by atoms with E-state index in [0.29, 0.717) is 11.1 Å². The molecule has 1 aliphatic rings. The molecule has 2 N–H and O–H groups in total. The highest BCUT2D eigenvalue weighted by Crippen LogP contribution is 2.30. The molecule has 2 atom stereocenters. The van der Waals surface area contributed by atoms with Crippen LogP contribution < -0.4 is 10.6 Å². The van der Waals surface area contributed by atoms with Crippen molar-refractivity contribution in [3.63, 3.8) is 0 Å². The predicted octanol–water partition coefficient (Wildman–Crippen LogP) is 3.93. The van der Waals surface area contributed by atoms with Gasteiger partial charge in [0.1, 0.15) is 17.4 Å². The van der Waals surface area contributed by atoms with Crippen LogP contribution in [0, 0.1) is 24.6 Å². The second kappa shape index (κ2) is 7.40. The van der Waals surface area contributed by atoms with Crippen LogP contribution in [-0.4, -0.2) is 24.0 Å². The molecule has 1 fully saturated rings. The number of hydrogen-bond acceptors (Lipinski definition) is 2. The highest BCUT2D eigenvalue weighted by molar-refractivity contribution is 6.08. The van der Waals surface area contributed by atoms with Gasteiger partial charge in [-0.3, -0.25) is 9.59 Å². The van der Waals surface area contributed by atoms with Crippen LogP contribution in [0.2, 0.25) is 0 Å². The van der Waals surface area contributed by atoms with Crippen molar-refractivity contribution < 1.29 is 19.8 Å². The Morgan fingerprint density at radius 1 is 1.46 bits per heavy atom. The summed E-state index contributed by atoms with van der Waals surface area (Å²) in [5.74, 6) is -3.20. The van der Waals surface area contributed by atoms with Gasteiger partial charge < -0.3 is 10.6 Å². The zero-order valence-corrected chi connectivity index (χ0v) is 15.5. The number of hydrogen-bond donors (Lipinski definition) is 2. The lowest BCUT2D eigenvalue weighted by Gasteiger charge is -2.20. The minimum absolute atomic E-state index is 0. The highest BCUT2D eigenvalue weighted by Gasteiger charge is 2.41. The summed E-state index contributed by atoms with van der Waals surface area (Å²) in [6.07, 6.45) is 1.57. The summed E-state index contributed by atoms with van der Waals surface area (Å²) in [6.45, 7) is 10.3. The summed E-state index contributed by atoms with van der Waals surface area (Å²) in [6, 6.07) is 4.42.